The van der Waals surface area contributed by atoms with Crippen molar-refractivity contribution < 1.29 is 9.21 Å². The fourth-order valence-electron chi connectivity index (χ4n) is 5.10. The number of rotatable bonds is 4. The van der Waals surface area contributed by atoms with Crippen LogP contribution in [-0.2, 0) is 6.54 Å². The Hall–Kier alpha value is -2.93. The molecule has 7 heteroatoms. The van der Waals surface area contributed by atoms with Gasteiger partial charge in [-0.3, -0.25) is 14.8 Å². The average Bonchev–Trinajstić information content (AvgIpc) is 3.37. The van der Waals surface area contributed by atoms with E-state index in [1.54, 1.807) is 0 Å². The van der Waals surface area contributed by atoms with E-state index in [1.165, 1.54) is 5.56 Å². The van der Waals surface area contributed by atoms with Gasteiger partial charge in [-0.1, -0.05) is 30.3 Å². The van der Waals surface area contributed by atoms with E-state index in [4.69, 9.17) is 4.42 Å². The zero-order valence-electron chi connectivity index (χ0n) is 17.7. The zero-order valence-corrected chi connectivity index (χ0v) is 17.7. The molecule has 30 heavy (non-hydrogen) atoms. The Kier molecular flexibility index (Phi) is 4.50. The van der Waals surface area contributed by atoms with Crippen molar-refractivity contribution in [2.75, 3.05) is 26.2 Å². The maximum atomic E-state index is 13.0. The third kappa shape index (κ3) is 3.23. The lowest BCUT2D eigenvalue weighted by molar-refractivity contribution is 0.00167. The Labute approximate surface area is 176 Å². The first kappa shape index (κ1) is 19.1. The molecule has 0 saturated carbocycles. The van der Waals surface area contributed by atoms with Crippen molar-refractivity contribution >= 4 is 5.91 Å². The first-order valence-electron chi connectivity index (χ1n) is 10.4. The van der Waals surface area contributed by atoms with Gasteiger partial charge in [0.25, 0.3) is 5.91 Å². The molecule has 0 aliphatic carbocycles. The number of nitrogens with zero attached hydrogens (tertiary/aromatic N) is 4. The molecule has 5 rings (SSSR count). The molecule has 1 aromatic carbocycles. The average molecular weight is 406 g/mol. The van der Waals surface area contributed by atoms with E-state index in [0.29, 0.717) is 11.3 Å². The number of amides is 1. The topological polar surface area (TPSA) is 78.3 Å². The van der Waals surface area contributed by atoms with E-state index in [-0.39, 0.29) is 17.2 Å². The molecule has 2 fully saturated rings. The highest BCUT2D eigenvalue weighted by atomic mass is 16.3. The smallest absolute Gasteiger partial charge is 0.257 e. The zero-order chi connectivity index (χ0) is 20.9. The number of hydrogen-bond donors (Lipinski definition) is 1. The monoisotopic (exact) mass is 405 g/mol. The number of likely N-dealkylation sites (tertiary alicyclic amines) is 2. The van der Waals surface area contributed by atoms with Crippen LogP contribution in [0.25, 0.3) is 0 Å². The largest absolute Gasteiger partial charge is 0.466 e. The van der Waals surface area contributed by atoms with Crippen molar-refractivity contribution in [2.45, 2.75) is 33.2 Å². The van der Waals surface area contributed by atoms with Gasteiger partial charge in [0.15, 0.2) is 5.82 Å². The number of aromatic amines is 1. The molecule has 156 valence electrons. The Morgan fingerprint density at radius 2 is 1.97 bits per heavy atom. The summed E-state index contributed by atoms with van der Waals surface area (Å²) in [5, 5.41) is 7.47. The molecule has 1 unspecified atom stereocenters. The molecule has 3 aromatic rings. The van der Waals surface area contributed by atoms with Crippen LogP contribution in [0.1, 0.15) is 45.0 Å². The second-order valence-electron chi connectivity index (χ2n) is 8.84. The van der Waals surface area contributed by atoms with Crippen molar-refractivity contribution in [3.05, 3.63) is 70.7 Å². The summed E-state index contributed by atoms with van der Waals surface area (Å²) in [4.78, 5) is 22.1. The summed E-state index contributed by atoms with van der Waals surface area (Å²) in [5.74, 6) is 3.43. The van der Waals surface area contributed by atoms with E-state index in [9.17, 15) is 4.79 Å². The van der Waals surface area contributed by atoms with Crippen molar-refractivity contribution in [1.29, 1.82) is 0 Å². The fourth-order valence-corrected chi connectivity index (χ4v) is 5.10. The van der Waals surface area contributed by atoms with Crippen LogP contribution in [0.15, 0.2) is 40.8 Å². The van der Waals surface area contributed by atoms with E-state index in [0.717, 1.165) is 50.1 Å². The number of carbonyl (C=O) groups is 1. The maximum absolute atomic E-state index is 13.0. The molecule has 2 aromatic heterocycles. The number of nitrogens with one attached hydrogen (secondary N) is 1. The van der Waals surface area contributed by atoms with Crippen LogP contribution >= 0.6 is 0 Å². The summed E-state index contributed by atoms with van der Waals surface area (Å²) in [6, 6.07) is 12.4. The van der Waals surface area contributed by atoms with Gasteiger partial charge in [0, 0.05) is 44.1 Å². The SMILES string of the molecule is Cc1nc(C2CN(Cc3ccccc3)CC23CN(C(=O)c2cc(C)oc2C)C3)n[nH]1. The molecule has 2 aliphatic rings. The van der Waals surface area contributed by atoms with Gasteiger partial charge in [-0.05, 0) is 32.4 Å². The van der Waals surface area contributed by atoms with Crippen molar-refractivity contribution in [3.8, 4) is 0 Å². The molecule has 1 amide bonds. The van der Waals surface area contributed by atoms with E-state index >= 15 is 0 Å². The van der Waals surface area contributed by atoms with Gasteiger partial charge in [0.1, 0.15) is 17.3 Å². The van der Waals surface area contributed by atoms with Crippen molar-refractivity contribution in [3.63, 3.8) is 0 Å². The van der Waals surface area contributed by atoms with Crippen LogP contribution in [0.5, 0.6) is 0 Å². The Morgan fingerprint density at radius 3 is 2.60 bits per heavy atom. The van der Waals surface area contributed by atoms with Gasteiger partial charge in [-0.15, -0.1) is 0 Å². The summed E-state index contributed by atoms with van der Waals surface area (Å²) in [6.45, 7) is 9.84. The van der Waals surface area contributed by atoms with Gasteiger partial charge in [-0.25, -0.2) is 4.98 Å². The second-order valence-corrected chi connectivity index (χ2v) is 8.84. The van der Waals surface area contributed by atoms with Gasteiger partial charge in [0.05, 0.1) is 5.56 Å². The van der Waals surface area contributed by atoms with Crippen LogP contribution in [-0.4, -0.2) is 57.1 Å². The van der Waals surface area contributed by atoms with E-state index in [2.05, 4.69) is 44.3 Å². The first-order valence-corrected chi connectivity index (χ1v) is 10.4. The van der Waals surface area contributed by atoms with Crippen molar-refractivity contribution in [1.82, 2.24) is 25.0 Å². The van der Waals surface area contributed by atoms with Gasteiger partial charge < -0.3 is 9.32 Å². The summed E-state index contributed by atoms with van der Waals surface area (Å²) in [5.41, 5.74) is 1.97. The van der Waals surface area contributed by atoms with Crippen LogP contribution in [0.3, 0.4) is 0 Å². The van der Waals surface area contributed by atoms with Gasteiger partial charge in [-0.2, -0.15) is 5.10 Å². The maximum Gasteiger partial charge on any atom is 0.257 e. The first-order chi connectivity index (χ1) is 14.4. The minimum atomic E-state index is -0.00818. The number of benzene rings is 1. The highest BCUT2D eigenvalue weighted by Crippen LogP contribution is 2.49. The van der Waals surface area contributed by atoms with Crippen molar-refractivity contribution in [2.24, 2.45) is 5.41 Å². The number of aromatic nitrogens is 3. The molecule has 0 bridgehead atoms. The molecular weight excluding hydrogens is 378 g/mol. The normalized spacial score (nSPS) is 20.6. The summed E-state index contributed by atoms with van der Waals surface area (Å²) >= 11 is 0. The molecule has 1 spiro atoms. The number of furan rings is 1. The minimum absolute atomic E-state index is 0.00818. The second kappa shape index (κ2) is 7.09. The van der Waals surface area contributed by atoms with Crippen LogP contribution in [0, 0.1) is 26.2 Å². The predicted molar refractivity (Wildman–Crippen MR) is 112 cm³/mol. The van der Waals surface area contributed by atoms with Crippen LogP contribution in [0.4, 0.5) is 0 Å². The number of H-pyrrole nitrogens is 1. The van der Waals surface area contributed by atoms with Gasteiger partial charge in [0.2, 0.25) is 0 Å². The molecule has 0 radical (unpaired) electrons. The molecule has 2 aliphatic heterocycles. The number of hydrogen-bond acceptors (Lipinski definition) is 5. The number of aryl methyl sites for hydroxylation is 3. The summed E-state index contributed by atoms with van der Waals surface area (Å²) in [6.07, 6.45) is 0. The molecule has 7 nitrogen and oxygen atoms in total. The Bertz CT molecular complexity index is 1060. The fraction of sp³-hybridized carbons (Fsp3) is 0.435. The Balaban J connectivity index is 1.36. The Morgan fingerprint density at radius 1 is 1.20 bits per heavy atom. The summed E-state index contributed by atoms with van der Waals surface area (Å²) in [7, 11) is 0. The predicted octanol–water partition coefficient (Wildman–Crippen LogP) is 3.06. The lowest BCUT2D eigenvalue weighted by Gasteiger charge is -2.50. The van der Waals surface area contributed by atoms with Gasteiger partial charge >= 0.3 is 0 Å². The lowest BCUT2D eigenvalue weighted by Crippen LogP contribution is -2.61. The molecule has 1 atom stereocenters. The third-order valence-electron chi connectivity index (χ3n) is 6.46. The standard InChI is InChI=1S/C23H27N5O2/c1-15-9-19(16(2)30-15)22(29)28-13-23(14-28)12-27(10-18-7-5-4-6-8-18)11-20(23)21-24-17(3)25-26-21/h4-9,20H,10-14H2,1-3H3,(H,24,25,26). The van der Waals surface area contributed by atoms with E-state index in [1.807, 2.05) is 37.8 Å². The number of carbonyl (C=O) groups excluding carboxylic acids is 1. The lowest BCUT2D eigenvalue weighted by atomic mass is 9.71. The molecule has 2 saturated heterocycles. The quantitative estimate of drug-likeness (QED) is 0.722. The molecule has 4 heterocycles. The highest BCUT2D eigenvalue weighted by molar-refractivity contribution is 5.96. The summed E-state index contributed by atoms with van der Waals surface area (Å²) < 4.78 is 5.57. The minimum Gasteiger partial charge on any atom is -0.466 e. The molecular formula is C23H27N5O2. The van der Waals surface area contributed by atoms with E-state index < -0.39 is 0 Å². The van der Waals surface area contributed by atoms with Crippen LogP contribution in [0.2, 0.25) is 0 Å². The third-order valence-corrected chi connectivity index (χ3v) is 6.46. The highest BCUT2D eigenvalue weighted by Gasteiger charge is 2.57. The molecule has 1 N–H and O–H groups in total. The van der Waals surface area contributed by atoms with Crippen LogP contribution < -0.4 is 0 Å².